The molecule has 0 radical (unpaired) electrons. The molecule has 2 aliphatic heterocycles. The van der Waals surface area contributed by atoms with Crippen LogP contribution < -0.4 is 0 Å². The van der Waals surface area contributed by atoms with Gasteiger partial charge in [-0.15, -0.1) is 0 Å². The van der Waals surface area contributed by atoms with Crippen molar-refractivity contribution in [3.8, 4) is 0 Å². The smallest absolute Gasteiger partial charge is 0.261 e. The van der Waals surface area contributed by atoms with Crippen LogP contribution >= 0.6 is 0 Å². The number of rotatable bonds is 3. The highest BCUT2D eigenvalue weighted by atomic mass is 16.5. The molecule has 0 bridgehead atoms. The molecule has 2 heterocycles. The summed E-state index contributed by atoms with van der Waals surface area (Å²) in [5.41, 5.74) is 2.16. The lowest BCUT2D eigenvalue weighted by Crippen LogP contribution is -2.44. The topological polar surface area (TPSA) is 66.9 Å². The fraction of sp³-hybridized carbons (Fsp3) is 0.286. The summed E-state index contributed by atoms with van der Waals surface area (Å²) in [5, 5.41) is 0. The van der Waals surface area contributed by atoms with Crippen LogP contribution in [0.1, 0.15) is 43.6 Å². The van der Waals surface area contributed by atoms with Crippen LogP contribution in [-0.4, -0.2) is 53.3 Å². The standard InChI is InChI=1S/C21H20N2O4/c1-14-12-22(9-10-27-14)19(24)16-6-4-5-15(11-16)13-23-20(25)17-7-2-3-8-18(17)21(23)26/h2-8,11,14H,9-10,12-13H2,1H3. The average Bonchev–Trinajstić information content (AvgIpc) is 2.93. The van der Waals surface area contributed by atoms with E-state index in [2.05, 4.69) is 0 Å². The molecule has 2 aromatic rings. The maximum Gasteiger partial charge on any atom is 0.261 e. The van der Waals surface area contributed by atoms with Gasteiger partial charge in [0, 0.05) is 18.7 Å². The number of hydrogen-bond donors (Lipinski definition) is 0. The number of ether oxygens (including phenoxy) is 1. The second-order valence-corrected chi connectivity index (χ2v) is 6.87. The van der Waals surface area contributed by atoms with E-state index in [-0.39, 0.29) is 30.4 Å². The van der Waals surface area contributed by atoms with E-state index in [0.29, 0.717) is 36.4 Å². The Morgan fingerprint density at radius 1 is 1.07 bits per heavy atom. The van der Waals surface area contributed by atoms with Crippen LogP contribution in [0.3, 0.4) is 0 Å². The first-order valence-corrected chi connectivity index (χ1v) is 8.99. The van der Waals surface area contributed by atoms with Crippen LogP contribution in [0.25, 0.3) is 0 Å². The van der Waals surface area contributed by atoms with Gasteiger partial charge in [-0.3, -0.25) is 19.3 Å². The van der Waals surface area contributed by atoms with Gasteiger partial charge >= 0.3 is 0 Å². The molecule has 0 aliphatic carbocycles. The lowest BCUT2D eigenvalue weighted by molar-refractivity contribution is -0.0124. The van der Waals surface area contributed by atoms with Crippen molar-refractivity contribution in [3.05, 3.63) is 70.8 Å². The fourth-order valence-corrected chi connectivity index (χ4v) is 3.55. The summed E-state index contributed by atoms with van der Waals surface area (Å²) in [6.07, 6.45) is 0.0178. The van der Waals surface area contributed by atoms with E-state index in [1.807, 2.05) is 13.0 Å². The largest absolute Gasteiger partial charge is 0.375 e. The van der Waals surface area contributed by atoms with Crippen molar-refractivity contribution in [1.82, 2.24) is 9.80 Å². The number of hydrogen-bond acceptors (Lipinski definition) is 4. The zero-order chi connectivity index (χ0) is 19.0. The highest BCUT2D eigenvalue weighted by Crippen LogP contribution is 2.24. The Hall–Kier alpha value is -2.99. The molecule has 2 aromatic carbocycles. The Morgan fingerprint density at radius 2 is 1.78 bits per heavy atom. The van der Waals surface area contributed by atoms with Gasteiger partial charge in [0.25, 0.3) is 17.7 Å². The average molecular weight is 364 g/mol. The first-order chi connectivity index (χ1) is 13.0. The lowest BCUT2D eigenvalue weighted by atomic mass is 10.1. The third-order valence-corrected chi connectivity index (χ3v) is 4.92. The van der Waals surface area contributed by atoms with E-state index in [4.69, 9.17) is 4.74 Å². The number of amides is 3. The number of carbonyl (C=O) groups is 3. The van der Waals surface area contributed by atoms with Gasteiger partial charge in [-0.05, 0) is 36.8 Å². The van der Waals surface area contributed by atoms with Crippen molar-refractivity contribution in [2.75, 3.05) is 19.7 Å². The molecule has 1 unspecified atom stereocenters. The molecule has 1 saturated heterocycles. The maximum absolute atomic E-state index is 12.8. The normalized spacial score (nSPS) is 19.4. The summed E-state index contributed by atoms with van der Waals surface area (Å²) in [6, 6.07) is 13.9. The first-order valence-electron chi connectivity index (χ1n) is 8.99. The third kappa shape index (κ3) is 3.24. The van der Waals surface area contributed by atoms with Gasteiger partial charge in [0.2, 0.25) is 0 Å². The fourth-order valence-electron chi connectivity index (χ4n) is 3.55. The van der Waals surface area contributed by atoms with Gasteiger partial charge in [0.15, 0.2) is 0 Å². The van der Waals surface area contributed by atoms with E-state index >= 15 is 0 Å². The Morgan fingerprint density at radius 3 is 2.44 bits per heavy atom. The molecule has 6 nitrogen and oxygen atoms in total. The minimum absolute atomic E-state index is 0.0178. The molecular formula is C21H20N2O4. The first kappa shape index (κ1) is 17.4. The van der Waals surface area contributed by atoms with Crippen LogP contribution in [0, 0.1) is 0 Å². The van der Waals surface area contributed by atoms with Crippen molar-refractivity contribution < 1.29 is 19.1 Å². The van der Waals surface area contributed by atoms with Gasteiger partial charge in [-0.2, -0.15) is 0 Å². The quantitative estimate of drug-likeness (QED) is 0.784. The molecule has 4 rings (SSSR count). The molecule has 2 aliphatic rings. The summed E-state index contributed by atoms with van der Waals surface area (Å²) in [5.74, 6) is -0.655. The van der Waals surface area contributed by atoms with Crippen LogP contribution in [0.4, 0.5) is 0 Å². The Labute approximate surface area is 157 Å². The Balaban J connectivity index is 1.53. The number of carbonyl (C=O) groups excluding carboxylic acids is 3. The summed E-state index contributed by atoms with van der Waals surface area (Å²) in [6.45, 7) is 3.74. The molecule has 1 atom stereocenters. The van der Waals surface area contributed by atoms with Gasteiger partial charge < -0.3 is 9.64 Å². The van der Waals surface area contributed by atoms with Gasteiger partial charge in [0.05, 0.1) is 30.4 Å². The van der Waals surface area contributed by atoms with Gasteiger partial charge in [-0.1, -0.05) is 24.3 Å². The Bertz CT molecular complexity index is 889. The molecule has 138 valence electrons. The molecule has 6 heteroatoms. The van der Waals surface area contributed by atoms with Crippen molar-refractivity contribution in [2.45, 2.75) is 19.6 Å². The molecule has 0 saturated carbocycles. The summed E-state index contributed by atoms with van der Waals surface area (Å²) in [4.78, 5) is 40.8. The summed E-state index contributed by atoms with van der Waals surface area (Å²) >= 11 is 0. The zero-order valence-corrected chi connectivity index (χ0v) is 15.1. The van der Waals surface area contributed by atoms with Crippen LogP contribution in [0.2, 0.25) is 0 Å². The van der Waals surface area contributed by atoms with Gasteiger partial charge in [-0.25, -0.2) is 0 Å². The molecule has 0 spiro atoms. The predicted octanol–water partition coefficient (Wildman–Crippen LogP) is 2.34. The number of nitrogens with zero attached hydrogens (tertiary/aromatic N) is 2. The zero-order valence-electron chi connectivity index (χ0n) is 15.1. The SMILES string of the molecule is CC1CN(C(=O)c2cccc(CN3C(=O)c4ccccc4C3=O)c2)CCO1. The minimum atomic E-state index is -0.297. The van der Waals surface area contributed by atoms with Crippen molar-refractivity contribution >= 4 is 17.7 Å². The second-order valence-electron chi connectivity index (χ2n) is 6.87. The minimum Gasteiger partial charge on any atom is -0.375 e. The molecule has 3 amide bonds. The third-order valence-electron chi connectivity index (χ3n) is 4.92. The predicted molar refractivity (Wildman–Crippen MR) is 98.4 cm³/mol. The molecule has 0 N–H and O–H groups in total. The summed E-state index contributed by atoms with van der Waals surface area (Å²) in [7, 11) is 0. The van der Waals surface area contributed by atoms with Crippen LogP contribution in [-0.2, 0) is 11.3 Å². The van der Waals surface area contributed by atoms with E-state index in [1.165, 1.54) is 4.90 Å². The van der Waals surface area contributed by atoms with Gasteiger partial charge in [0.1, 0.15) is 0 Å². The lowest BCUT2D eigenvalue weighted by Gasteiger charge is -2.31. The van der Waals surface area contributed by atoms with Crippen molar-refractivity contribution in [3.63, 3.8) is 0 Å². The second kappa shape index (κ2) is 6.96. The number of morpholine rings is 1. The van der Waals surface area contributed by atoms with E-state index in [0.717, 1.165) is 5.56 Å². The van der Waals surface area contributed by atoms with Crippen molar-refractivity contribution in [2.24, 2.45) is 0 Å². The number of imide groups is 1. The van der Waals surface area contributed by atoms with E-state index < -0.39 is 0 Å². The van der Waals surface area contributed by atoms with Crippen LogP contribution in [0.5, 0.6) is 0 Å². The number of benzene rings is 2. The maximum atomic E-state index is 12.8. The van der Waals surface area contributed by atoms with Crippen LogP contribution in [0.15, 0.2) is 48.5 Å². The number of fused-ring (bicyclic) bond motifs is 1. The van der Waals surface area contributed by atoms with E-state index in [1.54, 1.807) is 47.4 Å². The Kier molecular flexibility index (Phi) is 4.49. The molecule has 1 fully saturated rings. The molecular weight excluding hydrogens is 344 g/mol. The molecule has 0 aromatic heterocycles. The summed E-state index contributed by atoms with van der Waals surface area (Å²) < 4.78 is 5.49. The highest BCUT2D eigenvalue weighted by molar-refractivity contribution is 6.21. The van der Waals surface area contributed by atoms with E-state index in [9.17, 15) is 14.4 Å². The highest BCUT2D eigenvalue weighted by Gasteiger charge is 2.35. The van der Waals surface area contributed by atoms with Crippen molar-refractivity contribution in [1.29, 1.82) is 0 Å². The monoisotopic (exact) mass is 364 g/mol. The molecule has 27 heavy (non-hydrogen) atoms.